The summed E-state index contributed by atoms with van der Waals surface area (Å²) in [6.45, 7) is 4.95. The Kier molecular flexibility index (Phi) is 5.99. The highest BCUT2D eigenvalue weighted by Gasteiger charge is 2.28. The molecule has 2 amide bonds. The van der Waals surface area contributed by atoms with E-state index in [9.17, 15) is 14.4 Å². The lowest BCUT2D eigenvalue weighted by Crippen LogP contribution is -2.45. The molecule has 0 saturated carbocycles. The van der Waals surface area contributed by atoms with Crippen LogP contribution in [0.2, 0.25) is 0 Å². The van der Waals surface area contributed by atoms with Crippen LogP contribution in [0.5, 0.6) is 0 Å². The molecule has 2 heterocycles. The van der Waals surface area contributed by atoms with Crippen molar-refractivity contribution >= 4 is 29.1 Å². The topological polar surface area (TPSA) is 77.9 Å². The number of hydrogen-bond donors (Lipinski definition) is 1. The zero-order chi connectivity index (χ0) is 17.9. The molecule has 1 fully saturated rings. The Labute approximate surface area is 146 Å². The number of likely N-dealkylation sites (tertiary alicyclic amines) is 1. The number of aliphatic carboxylic acids is 1. The van der Waals surface area contributed by atoms with E-state index in [1.165, 1.54) is 21.1 Å². The van der Waals surface area contributed by atoms with Crippen molar-refractivity contribution in [3.05, 3.63) is 21.4 Å². The number of nitrogens with zero attached hydrogens (tertiary/aromatic N) is 2. The molecule has 24 heavy (non-hydrogen) atoms. The number of thiophene rings is 1. The summed E-state index contributed by atoms with van der Waals surface area (Å²) in [4.78, 5) is 40.7. The first kappa shape index (κ1) is 18.4. The summed E-state index contributed by atoms with van der Waals surface area (Å²) in [7, 11) is 1.63. The third-order valence-electron chi connectivity index (χ3n) is 4.47. The molecule has 2 rings (SSSR count). The van der Waals surface area contributed by atoms with Crippen LogP contribution in [0.1, 0.15) is 39.9 Å². The Morgan fingerprint density at radius 2 is 1.96 bits per heavy atom. The van der Waals surface area contributed by atoms with Gasteiger partial charge < -0.3 is 14.9 Å². The third-order valence-corrected chi connectivity index (χ3v) is 5.84. The molecule has 0 radical (unpaired) electrons. The molecular formula is C17H24N2O4S. The summed E-state index contributed by atoms with van der Waals surface area (Å²) < 4.78 is 0. The molecule has 1 aromatic rings. The highest BCUT2D eigenvalue weighted by molar-refractivity contribution is 7.14. The summed E-state index contributed by atoms with van der Waals surface area (Å²) in [6, 6.07) is 1.88. The van der Waals surface area contributed by atoms with Gasteiger partial charge in [-0.05, 0) is 37.8 Å². The zero-order valence-corrected chi connectivity index (χ0v) is 15.2. The van der Waals surface area contributed by atoms with Crippen LogP contribution in [-0.2, 0) is 16.0 Å². The number of likely N-dealkylation sites (N-methyl/N-ethyl adjacent to an activating group) is 1. The van der Waals surface area contributed by atoms with E-state index in [4.69, 9.17) is 5.11 Å². The van der Waals surface area contributed by atoms with Gasteiger partial charge in [0.05, 0.1) is 17.3 Å². The van der Waals surface area contributed by atoms with E-state index in [0.29, 0.717) is 30.8 Å². The lowest BCUT2D eigenvalue weighted by atomic mass is 9.97. The molecular weight excluding hydrogens is 328 g/mol. The van der Waals surface area contributed by atoms with Gasteiger partial charge in [-0.2, -0.15) is 0 Å². The van der Waals surface area contributed by atoms with Crippen molar-refractivity contribution in [1.29, 1.82) is 0 Å². The summed E-state index contributed by atoms with van der Waals surface area (Å²) in [5, 5.41) is 9.00. The molecule has 132 valence electrons. The van der Waals surface area contributed by atoms with Gasteiger partial charge >= 0.3 is 5.97 Å². The first-order valence-electron chi connectivity index (χ1n) is 8.18. The van der Waals surface area contributed by atoms with E-state index in [2.05, 4.69) is 6.92 Å². The smallest absolute Gasteiger partial charge is 0.306 e. The minimum Gasteiger partial charge on any atom is -0.481 e. The summed E-state index contributed by atoms with van der Waals surface area (Å²) in [5.74, 6) is -1.43. The second-order valence-electron chi connectivity index (χ2n) is 6.22. The zero-order valence-electron chi connectivity index (χ0n) is 14.4. The molecule has 1 N–H and O–H groups in total. The van der Waals surface area contributed by atoms with Crippen molar-refractivity contribution < 1.29 is 19.5 Å². The predicted molar refractivity (Wildman–Crippen MR) is 92.3 cm³/mol. The van der Waals surface area contributed by atoms with Gasteiger partial charge in [0.2, 0.25) is 5.91 Å². The number of hydrogen-bond acceptors (Lipinski definition) is 4. The minimum atomic E-state index is -0.797. The fourth-order valence-electron chi connectivity index (χ4n) is 2.91. The van der Waals surface area contributed by atoms with Crippen LogP contribution in [0.3, 0.4) is 0 Å². The van der Waals surface area contributed by atoms with Gasteiger partial charge in [-0.25, -0.2) is 0 Å². The Morgan fingerprint density at radius 3 is 2.46 bits per heavy atom. The maximum Gasteiger partial charge on any atom is 0.306 e. The number of aryl methyl sites for hydroxylation is 2. The molecule has 1 aliphatic heterocycles. The van der Waals surface area contributed by atoms with Crippen molar-refractivity contribution in [3.8, 4) is 0 Å². The van der Waals surface area contributed by atoms with Crippen LogP contribution >= 0.6 is 11.3 Å². The monoisotopic (exact) mass is 352 g/mol. The molecule has 0 unspecified atom stereocenters. The number of carbonyl (C=O) groups is 3. The molecule has 1 aliphatic rings. The summed E-state index contributed by atoms with van der Waals surface area (Å²) >= 11 is 1.48. The standard InChI is InChI=1S/C17H24N2O4S/c1-4-13-11(2)9-14(24-13)16(21)18(3)10-15(20)19-7-5-12(6-8-19)17(22)23/h9,12H,4-8,10H2,1-3H3,(H,22,23). The second kappa shape index (κ2) is 7.79. The quantitative estimate of drug-likeness (QED) is 0.879. The number of carboxylic acid groups (broad SMARTS) is 1. The Hall–Kier alpha value is -1.89. The van der Waals surface area contributed by atoms with Gasteiger partial charge in [-0.3, -0.25) is 14.4 Å². The molecule has 0 aromatic carbocycles. The summed E-state index contributed by atoms with van der Waals surface area (Å²) in [6.07, 6.45) is 1.84. The molecule has 0 atom stereocenters. The van der Waals surface area contributed by atoms with Crippen LogP contribution in [0.15, 0.2) is 6.07 Å². The average molecular weight is 352 g/mol. The van der Waals surface area contributed by atoms with Crippen molar-refractivity contribution in [2.45, 2.75) is 33.1 Å². The van der Waals surface area contributed by atoms with Gasteiger partial charge in [0.1, 0.15) is 0 Å². The average Bonchev–Trinajstić information content (AvgIpc) is 2.94. The molecule has 1 aromatic heterocycles. The first-order chi connectivity index (χ1) is 11.3. The van der Waals surface area contributed by atoms with Gasteiger partial charge in [0.25, 0.3) is 5.91 Å². The van der Waals surface area contributed by atoms with Gasteiger partial charge in [-0.15, -0.1) is 11.3 Å². The molecule has 0 spiro atoms. The SMILES string of the molecule is CCc1sc(C(=O)N(C)CC(=O)N2CCC(C(=O)O)CC2)cc1C. The fraction of sp³-hybridized carbons (Fsp3) is 0.588. The Morgan fingerprint density at radius 1 is 1.33 bits per heavy atom. The number of amides is 2. The lowest BCUT2D eigenvalue weighted by molar-refractivity contribution is -0.145. The number of carboxylic acids is 1. The molecule has 0 bridgehead atoms. The maximum absolute atomic E-state index is 12.5. The van der Waals surface area contributed by atoms with Gasteiger partial charge in [0.15, 0.2) is 0 Å². The lowest BCUT2D eigenvalue weighted by Gasteiger charge is -2.31. The molecule has 0 aliphatic carbocycles. The molecule has 1 saturated heterocycles. The second-order valence-corrected chi connectivity index (χ2v) is 7.36. The van der Waals surface area contributed by atoms with E-state index < -0.39 is 5.97 Å². The highest BCUT2D eigenvalue weighted by atomic mass is 32.1. The predicted octanol–water partition coefficient (Wildman–Crippen LogP) is 2.01. The molecule has 7 heteroatoms. The normalized spacial score (nSPS) is 15.4. The largest absolute Gasteiger partial charge is 0.481 e. The van der Waals surface area contributed by atoms with E-state index >= 15 is 0 Å². The van der Waals surface area contributed by atoms with Crippen LogP contribution in [0.25, 0.3) is 0 Å². The van der Waals surface area contributed by atoms with Crippen LogP contribution in [-0.4, -0.2) is 59.4 Å². The van der Waals surface area contributed by atoms with Crippen molar-refractivity contribution in [1.82, 2.24) is 9.80 Å². The molecule has 6 nitrogen and oxygen atoms in total. The van der Waals surface area contributed by atoms with E-state index in [1.54, 1.807) is 11.9 Å². The first-order valence-corrected chi connectivity index (χ1v) is 9.00. The Bertz CT molecular complexity index is 633. The maximum atomic E-state index is 12.5. The fourth-order valence-corrected chi connectivity index (χ4v) is 4.02. The van der Waals surface area contributed by atoms with Crippen molar-refractivity contribution in [3.63, 3.8) is 0 Å². The van der Waals surface area contributed by atoms with E-state index in [0.717, 1.165) is 12.0 Å². The van der Waals surface area contributed by atoms with Gasteiger partial charge in [-0.1, -0.05) is 6.92 Å². The van der Waals surface area contributed by atoms with Crippen LogP contribution < -0.4 is 0 Å². The summed E-state index contributed by atoms with van der Waals surface area (Å²) in [5.41, 5.74) is 1.11. The van der Waals surface area contributed by atoms with Crippen LogP contribution in [0, 0.1) is 12.8 Å². The van der Waals surface area contributed by atoms with E-state index in [1.807, 2.05) is 13.0 Å². The van der Waals surface area contributed by atoms with Crippen molar-refractivity contribution in [2.75, 3.05) is 26.7 Å². The minimum absolute atomic E-state index is 0.0228. The third kappa shape index (κ3) is 4.14. The Balaban J connectivity index is 1.91. The van der Waals surface area contributed by atoms with Gasteiger partial charge in [0, 0.05) is 25.0 Å². The van der Waals surface area contributed by atoms with Crippen molar-refractivity contribution in [2.24, 2.45) is 5.92 Å². The number of piperidine rings is 1. The number of rotatable bonds is 5. The van der Waals surface area contributed by atoms with E-state index in [-0.39, 0.29) is 24.3 Å². The van der Waals surface area contributed by atoms with Crippen LogP contribution in [0.4, 0.5) is 0 Å². The highest BCUT2D eigenvalue weighted by Crippen LogP contribution is 2.23. The number of carbonyl (C=O) groups excluding carboxylic acids is 2.